The summed E-state index contributed by atoms with van der Waals surface area (Å²) in [5.74, 6) is 0.925. The summed E-state index contributed by atoms with van der Waals surface area (Å²) < 4.78 is 0. The Morgan fingerprint density at radius 3 is 2.38 bits per heavy atom. The van der Waals surface area contributed by atoms with Gasteiger partial charge in [0.2, 0.25) is 0 Å². The van der Waals surface area contributed by atoms with Crippen LogP contribution >= 0.6 is 0 Å². The lowest BCUT2D eigenvalue weighted by molar-refractivity contribution is -0.189. The maximum absolute atomic E-state index is 11.5. The number of fused-ring (bicyclic) bond motifs is 5. The number of hydrogen-bond donors (Lipinski definition) is 4. The predicted molar refractivity (Wildman–Crippen MR) is 110 cm³/mol. The van der Waals surface area contributed by atoms with Crippen LogP contribution in [0.15, 0.2) is 0 Å². The Kier molecular flexibility index (Phi) is 5.57. The van der Waals surface area contributed by atoms with Crippen molar-refractivity contribution in [3.63, 3.8) is 0 Å². The van der Waals surface area contributed by atoms with E-state index in [4.69, 9.17) is 5.11 Å². The van der Waals surface area contributed by atoms with E-state index in [9.17, 15) is 20.1 Å². The minimum atomic E-state index is -0.758. The molecule has 29 heavy (non-hydrogen) atoms. The van der Waals surface area contributed by atoms with Gasteiger partial charge >= 0.3 is 5.97 Å². The summed E-state index contributed by atoms with van der Waals surface area (Å²) in [5.41, 5.74) is -0.0785. The second-order valence-electron chi connectivity index (χ2n) is 11.5. The minimum Gasteiger partial charge on any atom is -0.481 e. The highest BCUT2D eigenvalue weighted by Crippen LogP contribution is 2.68. The standard InChI is InChI=1S/C24H40O5/c1-13(4-7-20(28)29)17-11-18(26)21-16-6-5-14-10-15(25)8-9-23(14,2)22(16)19(27)12-24(17,21)3/h13-19,21-22,25-27H,4-12H2,1-3H3,(H,28,29)/t13-,14-,15-,16+,17-,18-,19+,21-,22-,23+,24-/m1/s1. The lowest BCUT2D eigenvalue weighted by Crippen LogP contribution is -2.60. The van der Waals surface area contributed by atoms with E-state index in [2.05, 4.69) is 20.8 Å². The smallest absolute Gasteiger partial charge is 0.303 e. The van der Waals surface area contributed by atoms with Gasteiger partial charge in [-0.2, -0.15) is 0 Å². The van der Waals surface area contributed by atoms with Gasteiger partial charge in [0.1, 0.15) is 0 Å². The number of hydrogen-bond acceptors (Lipinski definition) is 4. The fraction of sp³-hybridized carbons (Fsp3) is 0.958. The number of carbonyl (C=O) groups is 1. The molecule has 0 aromatic carbocycles. The SMILES string of the molecule is C[C@H](CCC(=O)O)[C@H]1C[C@@H](O)[C@H]2[C@@H]3CC[C@@H]4C[C@H](O)CC[C@]4(C)[C@H]3[C@@H](O)C[C@@]21C. The van der Waals surface area contributed by atoms with E-state index in [1.54, 1.807) is 0 Å². The van der Waals surface area contributed by atoms with Crippen molar-refractivity contribution in [2.75, 3.05) is 0 Å². The van der Waals surface area contributed by atoms with Gasteiger partial charge in [-0.1, -0.05) is 20.8 Å². The van der Waals surface area contributed by atoms with E-state index in [1.807, 2.05) is 0 Å². The highest BCUT2D eigenvalue weighted by molar-refractivity contribution is 5.66. The van der Waals surface area contributed by atoms with Crippen molar-refractivity contribution in [1.29, 1.82) is 0 Å². The van der Waals surface area contributed by atoms with Gasteiger partial charge in [0.05, 0.1) is 18.3 Å². The van der Waals surface area contributed by atoms with E-state index in [-0.39, 0.29) is 59.2 Å². The van der Waals surface area contributed by atoms with Crippen molar-refractivity contribution in [2.24, 2.45) is 46.3 Å². The van der Waals surface area contributed by atoms with Crippen molar-refractivity contribution in [2.45, 2.75) is 96.9 Å². The summed E-state index contributed by atoms with van der Waals surface area (Å²) >= 11 is 0. The van der Waals surface area contributed by atoms with Crippen LogP contribution in [0.25, 0.3) is 0 Å². The van der Waals surface area contributed by atoms with Gasteiger partial charge in [-0.15, -0.1) is 0 Å². The van der Waals surface area contributed by atoms with Crippen LogP contribution in [0, 0.1) is 46.3 Å². The maximum atomic E-state index is 11.5. The predicted octanol–water partition coefficient (Wildman–Crippen LogP) is 3.45. The van der Waals surface area contributed by atoms with Gasteiger partial charge in [-0.25, -0.2) is 0 Å². The largest absolute Gasteiger partial charge is 0.481 e. The molecule has 11 atom stereocenters. The van der Waals surface area contributed by atoms with Gasteiger partial charge in [-0.3, -0.25) is 4.79 Å². The first-order chi connectivity index (χ1) is 13.6. The first kappa shape index (κ1) is 21.6. The zero-order chi connectivity index (χ0) is 21.1. The van der Waals surface area contributed by atoms with Crippen molar-refractivity contribution in [3.05, 3.63) is 0 Å². The average Bonchev–Trinajstić information content (AvgIpc) is 2.90. The molecule has 4 rings (SSSR count). The number of carboxylic acid groups (broad SMARTS) is 1. The molecule has 5 nitrogen and oxygen atoms in total. The van der Waals surface area contributed by atoms with Crippen LogP contribution in [-0.4, -0.2) is 44.7 Å². The average molecular weight is 409 g/mol. The molecule has 166 valence electrons. The maximum Gasteiger partial charge on any atom is 0.303 e. The van der Waals surface area contributed by atoms with Crippen LogP contribution in [0.3, 0.4) is 0 Å². The number of aliphatic carboxylic acids is 1. The van der Waals surface area contributed by atoms with Gasteiger partial charge in [0, 0.05) is 6.42 Å². The van der Waals surface area contributed by atoms with Crippen LogP contribution in [-0.2, 0) is 4.79 Å². The van der Waals surface area contributed by atoms with Crippen LogP contribution < -0.4 is 0 Å². The second kappa shape index (κ2) is 7.49. The van der Waals surface area contributed by atoms with Crippen LogP contribution in [0.5, 0.6) is 0 Å². The Balaban J connectivity index is 1.61. The van der Waals surface area contributed by atoms with E-state index >= 15 is 0 Å². The molecule has 4 N–H and O–H groups in total. The topological polar surface area (TPSA) is 98.0 Å². The Bertz CT molecular complexity index is 637. The number of carboxylic acids is 1. The Hall–Kier alpha value is -0.650. The Labute approximate surface area is 174 Å². The molecule has 0 heterocycles. The molecule has 0 spiro atoms. The molecule has 0 aromatic rings. The van der Waals surface area contributed by atoms with E-state index in [1.165, 1.54) is 0 Å². The van der Waals surface area contributed by atoms with Crippen molar-refractivity contribution in [1.82, 2.24) is 0 Å². The number of aliphatic hydroxyl groups excluding tert-OH is 3. The molecule has 4 aliphatic carbocycles. The molecule has 5 heteroatoms. The van der Waals surface area contributed by atoms with E-state index < -0.39 is 5.97 Å². The third-order valence-corrected chi connectivity index (χ3v) is 10.1. The van der Waals surface area contributed by atoms with Crippen LogP contribution in [0.2, 0.25) is 0 Å². The highest BCUT2D eigenvalue weighted by atomic mass is 16.4. The first-order valence-corrected chi connectivity index (χ1v) is 11.8. The molecule has 0 radical (unpaired) electrons. The molecular weight excluding hydrogens is 368 g/mol. The fourth-order valence-corrected chi connectivity index (χ4v) is 8.91. The summed E-state index contributed by atoms with van der Waals surface area (Å²) in [4.78, 5) is 11.1. The summed E-state index contributed by atoms with van der Waals surface area (Å²) in [5, 5.41) is 41.9. The molecule has 0 unspecified atom stereocenters. The summed E-state index contributed by atoms with van der Waals surface area (Å²) in [6, 6.07) is 0. The Morgan fingerprint density at radius 2 is 1.69 bits per heavy atom. The third-order valence-electron chi connectivity index (χ3n) is 10.1. The van der Waals surface area contributed by atoms with Crippen LogP contribution in [0.4, 0.5) is 0 Å². The van der Waals surface area contributed by atoms with E-state index in [0.717, 1.165) is 38.5 Å². The number of rotatable bonds is 4. The zero-order valence-corrected chi connectivity index (χ0v) is 18.3. The van der Waals surface area contributed by atoms with E-state index in [0.29, 0.717) is 24.7 Å². The monoisotopic (exact) mass is 408 g/mol. The first-order valence-electron chi connectivity index (χ1n) is 11.8. The molecular formula is C24H40O5. The fourth-order valence-electron chi connectivity index (χ4n) is 8.91. The van der Waals surface area contributed by atoms with Gasteiger partial charge < -0.3 is 20.4 Å². The molecule has 0 aliphatic heterocycles. The zero-order valence-electron chi connectivity index (χ0n) is 18.3. The second-order valence-corrected chi connectivity index (χ2v) is 11.5. The molecule has 4 saturated carbocycles. The third kappa shape index (κ3) is 3.36. The molecule has 0 aromatic heterocycles. The lowest BCUT2D eigenvalue weighted by Gasteiger charge is -2.62. The Morgan fingerprint density at radius 1 is 1.00 bits per heavy atom. The molecule has 4 fully saturated rings. The van der Waals surface area contributed by atoms with Crippen molar-refractivity contribution in [3.8, 4) is 0 Å². The van der Waals surface area contributed by atoms with Gasteiger partial charge in [0.25, 0.3) is 0 Å². The molecule has 0 saturated heterocycles. The molecule has 4 aliphatic rings. The van der Waals surface area contributed by atoms with Gasteiger partial charge in [0.15, 0.2) is 0 Å². The minimum absolute atomic E-state index is 0.0512. The molecule has 0 bridgehead atoms. The highest BCUT2D eigenvalue weighted by Gasteiger charge is 2.65. The summed E-state index contributed by atoms with van der Waals surface area (Å²) in [6.45, 7) is 6.72. The van der Waals surface area contributed by atoms with Crippen molar-refractivity contribution >= 4 is 5.97 Å². The number of aliphatic hydroxyl groups is 3. The lowest BCUT2D eigenvalue weighted by atomic mass is 9.43. The quantitative estimate of drug-likeness (QED) is 0.571. The molecule has 0 amide bonds. The normalized spacial score (nSPS) is 52.9. The van der Waals surface area contributed by atoms with Crippen LogP contribution in [0.1, 0.15) is 78.6 Å². The van der Waals surface area contributed by atoms with Gasteiger partial charge in [-0.05, 0) is 97.7 Å². The van der Waals surface area contributed by atoms with Crippen molar-refractivity contribution < 1.29 is 25.2 Å². The summed E-state index contributed by atoms with van der Waals surface area (Å²) in [6.07, 6.45) is 6.08. The summed E-state index contributed by atoms with van der Waals surface area (Å²) in [7, 11) is 0.